The summed E-state index contributed by atoms with van der Waals surface area (Å²) in [6.07, 6.45) is -2.78. The number of para-hydroxylation sites is 3. The maximum Gasteiger partial charge on any atom is 0.352 e. The second-order valence-electron chi connectivity index (χ2n) is 7.81. The molecular formula is C24H25N3O6. The average molecular weight is 451 g/mol. The standard InChI is InChI=1S/C24H25N3O6/c1-14-20(23(29)27(26(14)4)17-10-6-5-7-11-17)25-22(28)16(3)32-24(30)21-15(2)31-18-12-8-9-13-19(18)33-21/h5-13,15-16,21H,1-4H3,(H,25,28). The molecule has 1 aliphatic heterocycles. The summed E-state index contributed by atoms with van der Waals surface area (Å²) in [6, 6.07) is 16.1. The van der Waals surface area contributed by atoms with Gasteiger partial charge in [0.25, 0.3) is 11.5 Å². The lowest BCUT2D eigenvalue weighted by Gasteiger charge is -2.30. The Morgan fingerprint density at radius 3 is 2.30 bits per heavy atom. The number of aromatic nitrogens is 2. The molecule has 1 amide bonds. The Morgan fingerprint density at radius 1 is 1.03 bits per heavy atom. The van der Waals surface area contributed by atoms with E-state index in [0.29, 0.717) is 22.9 Å². The maximum atomic E-state index is 13.0. The molecule has 0 spiro atoms. The first-order chi connectivity index (χ1) is 15.8. The van der Waals surface area contributed by atoms with E-state index in [1.54, 1.807) is 62.0 Å². The van der Waals surface area contributed by atoms with Crippen molar-refractivity contribution in [2.24, 2.45) is 7.05 Å². The number of esters is 1. The van der Waals surface area contributed by atoms with Gasteiger partial charge in [-0.2, -0.15) is 0 Å². The molecule has 33 heavy (non-hydrogen) atoms. The number of amides is 1. The molecule has 9 nitrogen and oxygen atoms in total. The molecule has 0 saturated heterocycles. The molecule has 0 bridgehead atoms. The molecule has 1 aliphatic rings. The van der Waals surface area contributed by atoms with E-state index < -0.39 is 30.2 Å². The fourth-order valence-electron chi connectivity index (χ4n) is 3.61. The fraction of sp³-hybridized carbons (Fsp3) is 0.292. The summed E-state index contributed by atoms with van der Waals surface area (Å²) in [4.78, 5) is 38.4. The molecule has 3 aromatic rings. The van der Waals surface area contributed by atoms with Crippen LogP contribution < -0.4 is 20.3 Å². The van der Waals surface area contributed by atoms with Gasteiger partial charge in [-0.3, -0.25) is 14.3 Å². The zero-order valence-corrected chi connectivity index (χ0v) is 18.8. The summed E-state index contributed by atoms with van der Waals surface area (Å²) in [6.45, 7) is 4.84. The largest absolute Gasteiger partial charge is 0.482 e. The molecule has 172 valence electrons. The van der Waals surface area contributed by atoms with Gasteiger partial charge in [-0.25, -0.2) is 9.48 Å². The number of carbonyl (C=O) groups is 2. The Hall–Kier alpha value is -4.01. The van der Waals surface area contributed by atoms with Crippen LogP contribution in [0.3, 0.4) is 0 Å². The summed E-state index contributed by atoms with van der Waals surface area (Å²) in [7, 11) is 1.72. The monoisotopic (exact) mass is 451 g/mol. The van der Waals surface area contributed by atoms with E-state index in [4.69, 9.17) is 14.2 Å². The molecule has 3 atom stereocenters. The van der Waals surface area contributed by atoms with Gasteiger partial charge in [0.15, 0.2) is 17.6 Å². The highest BCUT2D eigenvalue weighted by molar-refractivity contribution is 5.95. The average Bonchev–Trinajstić information content (AvgIpc) is 3.02. The Bertz CT molecular complexity index is 1250. The lowest BCUT2D eigenvalue weighted by atomic mass is 10.2. The minimum atomic E-state index is -1.16. The first-order valence-electron chi connectivity index (χ1n) is 10.6. The lowest BCUT2D eigenvalue weighted by molar-refractivity contribution is -0.165. The van der Waals surface area contributed by atoms with Crippen LogP contribution >= 0.6 is 0 Å². The van der Waals surface area contributed by atoms with Crippen molar-refractivity contribution in [3.63, 3.8) is 0 Å². The van der Waals surface area contributed by atoms with Gasteiger partial charge in [0.1, 0.15) is 11.8 Å². The predicted molar refractivity (Wildman–Crippen MR) is 121 cm³/mol. The number of fused-ring (bicyclic) bond motifs is 1. The molecule has 2 aromatic carbocycles. The van der Waals surface area contributed by atoms with E-state index in [1.165, 1.54) is 11.6 Å². The SMILES string of the molecule is Cc1c(NC(=O)C(C)OC(=O)C2Oc3ccccc3OC2C)c(=O)n(-c2ccccc2)n1C. The van der Waals surface area contributed by atoms with Crippen LogP contribution in [0.25, 0.3) is 5.69 Å². The minimum Gasteiger partial charge on any atom is -0.482 e. The first-order valence-corrected chi connectivity index (χ1v) is 10.6. The van der Waals surface area contributed by atoms with Crippen LogP contribution in [0.4, 0.5) is 5.69 Å². The zero-order chi connectivity index (χ0) is 23.7. The molecule has 0 radical (unpaired) electrons. The van der Waals surface area contributed by atoms with E-state index in [2.05, 4.69) is 5.32 Å². The summed E-state index contributed by atoms with van der Waals surface area (Å²) >= 11 is 0. The first kappa shape index (κ1) is 22.2. The van der Waals surface area contributed by atoms with Gasteiger partial charge in [0.2, 0.25) is 6.10 Å². The second kappa shape index (κ2) is 8.85. The highest BCUT2D eigenvalue weighted by Gasteiger charge is 2.37. The van der Waals surface area contributed by atoms with Crippen molar-refractivity contribution in [1.82, 2.24) is 9.36 Å². The molecule has 1 N–H and O–H groups in total. The van der Waals surface area contributed by atoms with Crippen LogP contribution in [0.15, 0.2) is 59.4 Å². The summed E-state index contributed by atoms with van der Waals surface area (Å²) < 4.78 is 19.9. The number of benzene rings is 2. The lowest BCUT2D eigenvalue weighted by Crippen LogP contribution is -2.46. The van der Waals surface area contributed by atoms with Gasteiger partial charge >= 0.3 is 5.97 Å². The van der Waals surface area contributed by atoms with Crippen LogP contribution in [0.5, 0.6) is 11.5 Å². The van der Waals surface area contributed by atoms with Gasteiger partial charge in [-0.05, 0) is 45.0 Å². The van der Waals surface area contributed by atoms with E-state index in [9.17, 15) is 14.4 Å². The number of hydrogen-bond acceptors (Lipinski definition) is 6. The topological polar surface area (TPSA) is 101 Å². The van der Waals surface area contributed by atoms with Gasteiger partial charge in [-0.15, -0.1) is 0 Å². The third-order valence-corrected chi connectivity index (χ3v) is 5.54. The number of hydrogen-bond donors (Lipinski definition) is 1. The smallest absolute Gasteiger partial charge is 0.352 e. The van der Waals surface area contributed by atoms with Crippen LogP contribution in [-0.4, -0.2) is 39.6 Å². The van der Waals surface area contributed by atoms with Crippen molar-refractivity contribution in [3.05, 3.63) is 70.6 Å². The maximum absolute atomic E-state index is 13.0. The quantitative estimate of drug-likeness (QED) is 0.599. The fourth-order valence-corrected chi connectivity index (χ4v) is 3.61. The van der Waals surface area contributed by atoms with Gasteiger partial charge in [-0.1, -0.05) is 30.3 Å². The number of anilines is 1. The number of rotatable bonds is 5. The zero-order valence-electron chi connectivity index (χ0n) is 18.8. The number of ether oxygens (including phenoxy) is 3. The molecule has 3 unspecified atom stereocenters. The van der Waals surface area contributed by atoms with Gasteiger partial charge in [0.05, 0.1) is 11.4 Å². The number of carbonyl (C=O) groups excluding carboxylic acids is 2. The Kier molecular flexibility index (Phi) is 5.95. The number of nitrogens with zero attached hydrogens (tertiary/aromatic N) is 2. The van der Waals surface area contributed by atoms with Crippen molar-refractivity contribution in [2.45, 2.75) is 39.1 Å². The van der Waals surface area contributed by atoms with Crippen LogP contribution in [0, 0.1) is 6.92 Å². The highest BCUT2D eigenvalue weighted by atomic mass is 16.6. The molecule has 0 saturated carbocycles. The summed E-state index contributed by atoms with van der Waals surface area (Å²) in [5.41, 5.74) is 0.956. The normalized spacial score (nSPS) is 17.8. The summed E-state index contributed by atoms with van der Waals surface area (Å²) in [5, 5.41) is 2.60. The molecule has 0 fully saturated rings. The molecule has 2 heterocycles. The molecule has 9 heteroatoms. The van der Waals surface area contributed by atoms with Crippen molar-refractivity contribution in [1.29, 1.82) is 0 Å². The third-order valence-electron chi connectivity index (χ3n) is 5.54. The van der Waals surface area contributed by atoms with Gasteiger partial charge in [0, 0.05) is 7.05 Å². The molecule has 1 aromatic heterocycles. The van der Waals surface area contributed by atoms with Gasteiger partial charge < -0.3 is 19.5 Å². The Labute approximate surface area is 190 Å². The molecule has 0 aliphatic carbocycles. The third kappa shape index (κ3) is 4.21. The van der Waals surface area contributed by atoms with Crippen LogP contribution in [0.2, 0.25) is 0 Å². The van der Waals surface area contributed by atoms with E-state index in [-0.39, 0.29) is 11.2 Å². The Balaban J connectivity index is 1.47. The van der Waals surface area contributed by atoms with Crippen molar-refractivity contribution in [2.75, 3.05) is 5.32 Å². The van der Waals surface area contributed by atoms with Crippen molar-refractivity contribution < 1.29 is 23.8 Å². The predicted octanol–water partition coefficient (Wildman–Crippen LogP) is 2.58. The van der Waals surface area contributed by atoms with E-state index in [1.807, 2.05) is 18.2 Å². The Morgan fingerprint density at radius 2 is 1.64 bits per heavy atom. The van der Waals surface area contributed by atoms with Crippen LogP contribution in [0.1, 0.15) is 19.5 Å². The van der Waals surface area contributed by atoms with E-state index in [0.717, 1.165) is 0 Å². The second-order valence-corrected chi connectivity index (χ2v) is 7.81. The van der Waals surface area contributed by atoms with E-state index >= 15 is 0 Å². The summed E-state index contributed by atoms with van der Waals surface area (Å²) in [5.74, 6) is -0.393. The van der Waals surface area contributed by atoms with Crippen molar-refractivity contribution in [3.8, 4) is 17.2 Å². The highest BCUT2D eigenvalue weighted by Crippen LogP contribution is 2.33. The molecular weight excluding hydrogens is 426 g/mol. The molecule has 4 rings (SSSR count). The van der Waals surface area contributed by atoms with Crippen molar-refractivity contribution >= 4 is 17.6 Å². The van der Waals surface area contributed by atoms with Crippen LogP contribution in [-0.2, 0) is 21.4 Å². The minimum absolute atomic E-state index is 0.119. The number of nitrogens with one attached hydrogen (secondary N) is 1.